The van der Waals surface area contributed by atoms with Crippen molar-refractivity contribution in [3.05, 3.63) is 53.1 Å². The number of carbonyl (C=O) groups excluding carboxylic acids is 1. The van der Waals surface area contributed by atoms with Gasteiger partial charge in [0.15, 0.2) is 0 Å². The monoisotopic (exact) mass is 450 g/mol. The number of nitrogens with zero attached hydrogens (tertiary/aromatic N) is 3. The predicted molar refractivity (Wildman–Crippen MR) is 121 cm³/mol. The average Bonchev–Trinajstić information content (AvgIpc) is 2.68. The van der Waals surface area contributed by atoms with Crippen molar-refractivity contribution in [1.29, 1.82) is 0 Å². The van der Waals surface area contributed by atoms with Gasteiger partial charge in [0.1, 0.15) is 0 Å². The molecule has 0 aromatic heterocycles. The number of para-hydroxylation sites is 1. The van der Waals surface area contributed by atoms with E-state index in [2.05, 4.69) is 5.32 Å². The maximum absolute atomic E-state index is 12.8. The van der Waals surface area contributed by atoms with E-state index in [1.807, 2.05) is 36.9 Å². The molecule has 3 rings (SSSR count). The molecule has 0 radical (unpaired) electrons. The Hall–Kier alpha value is -2.13. The first-order chi connectivity index (χ1) is 14.2. The van der Waals surface area contributed by atoms with E-state index in [0.29, 0.717) is 41.8 Å². The van der Waals surface area contributed by atoms with Crippen molar-refractivity contribution >= 4 is 38.9 Å². The third-order valence-electron chi connectivity index (χ3n) is 5.07. The summed E-state index contributed by atoms with van der Waals surface area (Å²) < 4.78 is 27.1. The van der Waals surface area contributed by atoms with Crippen LogP contribution in [0.1, 0.15) is 5.56 Å². The van der Waals surface area contributed by atoms with Crippen LogP contribution in [0.5, 0.6) is 0 Å². The summed E-state index contributed by atoms with van der Waals surface area (Å²) in [4.78, 5) is 16.7. The maximum Gasteiger partial charge on any atom is 0.243 e. The van der Waals surface area contributed by atoms with E-state index in [-0.39, 0.29) is 12.5 Å². The lowest BCUT2D eigenvalue weighted by Crippen LogP contribution is -2.50. The van der Waals surface area contributed by atoms with Crippen LogP contribution in [0.25, 0.3) is 0 Å². The van der Waals surface area contributed by atoms with Gasteiger partial charge in [0.25, 0.3) is 0 Å². The summed E-state index contributed by atoms with van der Waals surface area (Å²) in [5.74, 6) is -0.157. The highest BCUT2D eigenvalue weighted by atomic mass is 35.5. The van der Waals surface area contributed by atoms with Gasteiger partial charge >= 0.3 is 0 Å². The largest absolute Gasteiger partial charge is 0.375 e. The fourth-order valence-corrected chi connectivity index (χ4v) is 5.22. The summed E-state index contributed by atoms with van der Waals surface area (Å²) in [5.41, 5.74) is 2.42. The summed E-state index contributed by atoms with van der Waals surface area (Å²) in [5, 5.41) is 3.48. The van der Waals surface area contributed by atoms with Gasteiger partial charge in [-0.1, -0.05) is 35.4 Å². The van der Waals surface area contributed by atoms with Gasteiger partial charge in [0.05, 0.1) is 27.8 Å². The van der Waals surface area contributed by atoms with E-state index in [4.69, 9.17) is 11.6 Å². The molecule has 0 bridgehead atoms. The average molecular weight is 451 g/mol. The molecule has 1 heterocycles. The Morgan fingerprint density at radius 2 is 1.70 bits per heavy atom. The second kappa shape index (κ2) is 9.34. The van der Waals surface area contributed by atoms with Crippen LogP contribution in [0.15, 0.2) is 47.4 Å². The molecular formula is C21H27ClN4O3S. The lowest BCUT2D eigenvalue weighted by Gasteiger charge is -2.33. The molecule has 0 aliphatic carbocycles. The second-order valence-electron chi connectivity index (χ2n) is 7.57. The first-order valence-corrected chi connectivity index (χ1v) is 11.5. The summed E-state index contributed by atoms with van der Waals surface area (Å²) in [6.07, 6.45) is 0. The van der Waals surface area contributed by atoms with E-state index in [9.17, 15) is 13.2 Å². The number of nitrogens with one attached hydrogen (secondary N) is 1. The molecule has 0 saturated carbocycles. The van der Waals surface area contributed by atoms with Gasteiger partial charge in [-0.05, 0) is 31.2 Å². The van der Waals surface area contributed by atoms with Crippen molar-refractivity contribution < 1.29 is 13.2 Å². The first kappa shape index (κ1) is 22.6. The Labute approximate surface area is 183 Å². The molecule has 2 aromatic carbocycles. The molecule has 1 aliphatic rings. The zero-order chi connectivity index (χ0) is 21.9. The molecule has 1 amide bonds. The van der Waals surface area contributed by atoms with Crippen molar-refractivity contribution in [3.8, 4) is 0 Å². The number of anilines is 2. The molecule has 1 fully saturated rings. The highest BCUT2D eigenvalue weighted by Crippen LogP contribution is 2.32. The number of aryl methyl sites for hydroxylation is 1. The molecule has 30 heavy (non-hydrogen) atoms. The van der Waals surface area contributed by atoms with Crippen molar-refractivity contribution in [1.82, 2.24) is 9.21 Å². The van der Waals surface area contributed by atoms with Crippen molar-refractivity contribution in [3.63, 3.8) is 0 Å². The molecule has 9 heteroatoms. The molecule has 2 aromatic rings. The topological polar surface area (TPSA) is 73.0 Å². The lowest BCUT2D eigenvalue weighted by molar-refractivity contribution is -0.117. The van der Waals surface area contributed by atoms with Crippen molar-refractivity contribution in [2.45, 2.75) is 11.8 Å². The fraction of sp³-hybridized carbons (Fsp3) is 0.381. The normalized spacial score (nSPS) is 15.7. The van der Waals surface area contributed by atoms with Gasteiger partial charge in [0, 0.05) is 40.3 Å². The molecule has 1 N–H and O–H groups in total. The highest BCUT2D eigenvalue weighted by molar-refractivity contribution is 7.89. The minimum atomic E-state index is -3.51. The number of carbonyl (C=O) groups is 1. The van der Waals surface area contributed by atoms with Gasteiger partial charge in [-0.3, -0.25) is 9.69 Å². The molecule has 0 spiro atoms. The van der Waals surface area contributed by atoms with E-state index in [1.54, 1.807) is 36.4 Å². The number of piperazine rings is 1. The molecule has 0 atom stereocenters. The molecule has 1 saturated heterocycles. The van der Waals surface area contributed by atoms with Crippen LogP contribution in [0, 0.1) is 6.92 Å². The first-order valence-electron chi connectivity index (χ1n) is 9.73. The Bertz CT molecular complexity index is 1000. The maximum atomic E-state index is 12.8. The van der Waals surface area contributed by atoms with E-state index in [0.717, 1.165) is 11.3 Å². The minimum absolute atomic E-state index is 0.157. The third kappa shape index (κ3) is 5.13. The second-order valence-corrected chi connectivity index (χ2v) is 9.92. The number of hydrogen-bond acceptors (Lipinski definition) is 5. The summed E-state index contributed by atoms with van der Waals surface area (Å²) in [6.45, 7) is 3.80. The Morgan fingerprint density at radius 3 is 2.30 bits per heavy atom. The number of amides is 1. The van der Waals surface area contributed by atoms with Gasteiger partial charge in [-0.2, -0.15) is 4.31 Å². The molecule has 0 unspecified atom stereocenters. The Morgan fingerprint density at radius 1 is 1.07 bits per heavy atom. The molecule has 1 aliphatic heterocycles. The third-order valence-corrected chi connectivity index (χ3v) is 7.28. The van der Waals surface area contributed by atoms with Crippen molar-refractivity contribution in [2.75, 3.05) is 57.0 Å². The quantitative estimate of drug-likeness (QED) is 0.732. The molecule has 7 nitrogen and oxygen atoms in total. The van der Waals surface area contributed by atoms with Crippen LogP contribution >= 0.6 is 11.6 Å². The van der Waals surface area contributed by atoms with Gasteiger partial charge < -0.3 is 10.2 Å². The highest BCUT2D eigenvalue weighted by Gasteiger charge is 2.29. The summed E-state index contributed by atoms with van der Waals surface area (Å²) in [6, 6.07) is 12.2. The van der Waals surface area contributed by atoms with Gasteiger partial charge in [0.2, 0.25) is 15.9 Å². The van der Waals surface area contributed by atoms with Crippen LogP contribution < -0.4 is 10.2 Å². The Balaban J connectivity index is 1.58. The summed E-state index contributed by atoms with van der Waals surface area (Å²) in [7, 11) is 0.218. The number of hydrogen-bond donors (Lipinski definition) is 1. The number of benzene rings is 2. The molecule has 162 valence electrons. The minimum Gasteiger partial charge on any atom is -0.375 e. The van der Waals surface area contributed by atoms with Crippen LogP contribution in [0.2, 0.25) is 5.02 Å². The van der Waals surface area contributed by atoms with Crippen molar-refractivity contribution in [2.24, 2.45) is 0 Å². The van der Waals surface area contributed by atoms with E-state index in [1.165, 1.54) is 4.31 Å². The van der Waals surface area contributed by atoms with Crippen LogP contribution in [-0.2, 0) is 14.8 Å². The van der Waals surface area contributed by atoms with Gasteiger partial charge in [-0.25, -0.2) is 8.42 Å². The van der Waals surface area contributed by atoms with Gasteiger partial charge in [-0.15, -0.1) is 0 Å². The zero-order valence-corrected chi connectivity index (χ0v) is 19.0. The standard InChI is InChI=1S/C21H27ClN4O3S/c1-16-7-9-17(10-8-16)30(28,29)26-13-11-25(12-14-26)15-20(27)23-19-6-4-5-18(22)21(19)24(2)3/h4-10H,11-15H2,1-3H3,(H,23,27). The predicted octanol–water partition coefficient (Wildman–Crippen LogP) is 2.66. The smallest absolute Gasteiger partial charge is 0.243 e. The number of rotatable bonds is 6. The summed E-state index contributed by atoms with van der Waals surface area (Å²) >= 11 is 6.25. The van der Waals surface area contributed by atoms with Crippen LogP contribution in [-0.4, -0.2) is 70.3 Å². The van der Waals surface area contributed by atoms with E-state index < -0.39 is 10.0 Å². The number of halogens is 1. The Kier molecular flexibility index (Phi) is 7.02. The molecular weight excluding hydrogens is 424 g/mol. The lowest BCUT2D eigenvalue weighted by atomic mass is 10.2. The van der Waals surface area contributed by atoms with E-state index >= 15 is 0 Å². The van der Waals surface area contributed by atoms with Crippen LogP contribution in [0.4, 0.5) is 11.4 Å². The number of sulfonamides is 1. The SMILES string of the molecule is Cc1ccc(S(=O)(=O)N2CCN(CC(=O)Nc3cccc(Cl)c3N(C)C)CC2)cc1. The zero-order valence-electron chi connectivity index (χ0n) is 17.4. The fourth-order valence-electron chi connectivity index (χ4n) is 3.45. The van der Waals surface area contributed by atoms with Crippen LogP contribution in [0.3, 0.4) is 0 Å².